The number of hydrogen-bond donors (Lipinski definition) is 4. The van der Waals surface area contributed by atoms with Gasteiger partial charge in [-0.3, -0.25) is 15.2 Å². The summed E-state index contributed by atoms with van der Waals surface area (Å²) in [7, 11) is 0. The van der Waals surface area contributed by atoms with Crippen LogP contribution < -0.4 is 11.2 Å². The third-order valence-electron chi connectivity index (χ3n) is 2.23. The molecule has 6 heteroatoms. The van der Waals surface area contributed by atoms with E-state index in [-0.39, 0.29) is 11.4 Å². The van der Waals surface area contributed by atoms with Gasteiger partial charge in [0.25, 0.3) is 5.56 Å². The summed E-state index contributed by atoms with van der Waals surface area (Å²) in [6.07, 6.45) is 0. The number of aromatic nitrogens is 2. The van der Waals surface area contributed by atoms with E-state index in [2.05, 4.69) is 4.98 Å². The first kappa shape index (κ1) is 10.9. The molecule has 1 heterocycles. The standard InChI is InChI=1S/C11H9N3O3/c12-7(6-4-2-1-3-5-6)8-9(15)10(16)14-11(17)13-8/h1-5,12,15H,(H2,13,14,16,17). The van der Waals surface area contributed by atoms with E-state index >= 15 is 0 Å². The molecular formula is C11H9N3O3. The van der Waals surface area contributed by atoms with Crippen molar-refractivity contribution >= 4 is 5.71 Å². The second-order valence-corrected chi connectivity index (χ2v) is 3.37. The van der Waals surface area contributed by atoms with Crippen molar-refractivity contribution in [3.05, 3.63) is 62.4 Å². The number of nitrogens with one attached hydrogen (secondary N) is 3. The molecule has 0 atom stereocenters. The number of benzene rings is 1. The molecule has 1 aromatic carbocycles. The number of hydrogen-bond acceptors (Lipinski definition) is 4. The molecule has 0 spiro atoms. The lowest BCUT2D eigenvalue weighted by molar-refractivity contribution is 0.460. The van der Waals surface area contributed by atoms with Crippen molar-refractivity contribution in [1.29, 1.82) is 5.41 Å². The van der Waals surface area contributed by atoms with E-state index in [4.69, 9.17) is 5.41 Å². The van der Waals surface area contributed by atoms with Crippen LogP contribution in [0.1, 0.15) is 11.3 Å². The van der Waals surface area contributed by atoms with E-state index in [0.717, 1.165) is 0 Å². The van der Waals surface area contributed by atoms with Crippen LogP contribution in [0.3, 0.4) is 0 Å². The molecule has 0 unspecified atom stereocenters. The molecule has 2 rings (SSSR count). The van der Waals surface area contributed by atoms with Crippen LogP contribution >= 0.6 is 0 Å². The van der Waals surface area contributed by atoms with Gasteiger partial charge in [0.15, 0.2) is 0 Å². The summed E-state index contributed by atoms with van der Waals surface area (Å²) in [5.41, 5.74) is -1.49. The molecule has 0 amide bonds. The number of H-pyrrole nitrogens is 2. The van der Waals surface area contributed by atoms with Gasteiger partial charge in [0.2, 0.25) is 5.75 Å². The minimum atomic E-state index is -0.913. The van der Waals surface area contributed by atoms with Crippen molar-refractivity contribution in [3.63, 3.8) is 0 Å². The monoisotopic (exact) mass is 231 g/mol. The van der Waals surface area contributed by atoms with Crippen LogP contribution in [-0.2, 0) is 0 Å². The Bertz CT molecular complexity index is 670. The Morgan fingerprint density at radius 3 is 2.41 bits per heavy atom. The van der Waals surface area contributed by atoms with E-state index in [1.807, 2.05) is 4.98 Å². The molecule has 86 valence electrons. The topological polar surface area (TPSA) is 110 Å². The smallest absolute Gasteiger partial charge is 0.326 e. The van der Waals surface area contributed by atoms with Crippen LogP contribution in [0.2, 0.25) is 0 Å². The zero-order chi connectivity index (χ0) is 12.4. The molecule has 4 N–H and O–H groups in total. The Balaban J connectivity index is 2.60. The predicted molar refractivity (Wildman–Crippen MR) is 61.7 cm³/mol. The first-order chi connectivity index (χ1) is 8.09. The molecule has 0 saturated heterocycles. The third kappa shape index (κ3) is 2.00. The van der Waals surface area contributed by atoms with Gasteiger partial charge in [-0.1, -0.05) is 30.3 Å². The van der Waals surface area contributed by atoms with Gasteiger partial charge in [-0.05, 0) is 0 Å². The SMILES string of the molecule is N=C(c1ccccc1)c1[nH]c(=O)[nH]c(=O)c1O. The second kappa shape index (κ2) is 4.09. The number of rotatable bonds is 2. The van der Waals surface area contributed by atoms with Gasteiger partial charge in [-0.15, -0.1) is 0 Å². The number of aromatic hydroxyl groups is 1. The Labute approximate surface area is 95.1 Å². The molecule has 0 aliphatic heterocycles. The maximum Gasteiger partial charge on any atom is 0.326 e. The highest BCUT2D eigenvalue weighted by Gasteiger charge is 2.13. The van der Waals surface area contributed by atoms with Gasteiger partial charge < -0.3 is 10.1 Å². The van der Waals surface area contributed by atoms with Crippen molar-refractivity contribution in [3.8, 4) is 5.75 Å². The van der Waals surface area contributed by atoms with Crippen LogP contribution in [0.5, 0.6) is 5.75 Å². The Kier molecular flexibility index (Phi) is 2.61. The summed E-state index contributed by atoms with van der Waals surface area (Å²) in [6.45, 7) is 0. The highest BCUT2D eigenvalue weighted by molar-refractivity contribution is 6.10. The first-order valence-electron chi connectivity index (χ1n) is 4.79. The van der Waals surface area contributed by atoms with Gasteiger partial charge in [-0.2, -0.15) is 0 Å². The average Bonchev–Trinajstić information content (AvgIpc) is 2.34. The van der Waals surface area contributed by atoms with Crippen molar-refractivity contribution in [2.24, 2.45) is 0 Å². The molecule has 17 heavy (non-hydrogen) atoms. The van der Waals surface area contributed by atoms with Crippen molar-refractivity contribution in [1.82, 2.24) is 9.97 Å². The van der Waals surface area contributed by atoms with Crippen molar-refractivity contribution < 1.29 is 5.11 Å². The zero-order valence-corrected chi connectivity index (χ0v) is 8.65. The minimum absolute atomic E-state index is 0.119. The highest BCUT2D eigenvalue weighted by atomic mass is 16.3. The average molecular weight is 231 g/mol. The fourth-order valence-electron chi connectivity index (χ4n) is 1.41. The summed E-state index contributed by atoms with van der Waals surface area (Å²) < 4.78 is 0. The molecule has 0 aliphatic carbocycles. The Morgan fingerprint density at radius 1 is 1.12 bits per heavy atom. The zero-order valence-electron chi connectivity index (χ0n) is 8.65. The van der Waals surface area contributed by atoms with E-state index in [9.17, 15) is 14.7 Å². The van der Waals surface area contributed by atoms with E-state index in [0.29, 0.717) is 5.56 Å². The lowest BCUT2D eigenvalue weighted by Crippen LogP contribution is -2.25. The number of aromatic amines is 2. The minimum Gasteiger partial charge on any atom is -0.502 e. The lowest BCUT2D eigenvalue weighted by atomic mass is 10.1. The molecule has 0 saturated carbocycles. The summed E-state index contributed by atoms with van der Waals surface area (Å²) in [5.74, 6) is -0.668. The highest BCUT2D eigenvalue weighted by Crippen LogP contribution is 2.11. The maximum atomic E-state index is 11.2. The van der Waals surface area contributed by atoms with Crippen LogP contribution in [0.25, 0.3) is 0 Å². The van der Waals surface area contributed by atoms with Gasteiger partial charge in [0.05, 0.1) is 5.71 Å². The van der Waals surface area contributed by atoms with Crippen molar-refractivity contribution in [2.45, 2.75) is 0 Å². The van der Waals surface area contributed by atoms with Gasteiger partial charge in [0.1, 0.15) is 5.69 Å². The van der Waals surface area contributed by atoms with Crippen LogP contribution in [0.15, 0.2) is 39.9 Å². The normalized spacial score (nSPS) is 10.1. The third-order valence-corrected chi connectivity index (χ3v) is 2.23. The molecular weight excluding hydrogens is 222 g/mol. The molecule has 1 aromatic heterocycles. The quantitative estimate of drug-likeness (QED) is 0.553. The van der Waals surface area contributed by atoms with E-state index in [1.165, 1.54) is 0 Å². The molecule has 2 aromatic rings. The maximum absolute atomic E-state index is 11.2. The summed E-state index contributed by atoms with van der Waals surface area (Å²) in [4.78, 5) is 26.4. The van der Waals surface area contributed by atoms with E-state index < -0.39 is 17.0 Å². The molecule has 0 radical (unpaired) electrons. The Hall–Kier alpha value is -2.63. The first-order valence-corrected chi connectivity index (χ1v) is 4.79. The fraction of sp³-hybridized carbons (Fsp3) is 0. The van der Waals surface area contributed by atoms with Crippen LogP contribution in [-0.4, -0.2) is 20.8 Å². The Morgan fingerprint density at radius 2 is 1.76 bits per heavy atom. The lowest BCUT2D eigenvalue weighted by Gasteiger charge is -2.04. The van der Waals surface area contributed by atoms with E-state index in [1.54, 1.807) is 30.3 Å². The van der Waals surface area contributed by atoms with Crippen molar-refractivity contribution in [2.75, 3.05) is 0 Å². The largest absolute Gasteiger partial charge is 0.502 e. The second-order valence-electron chi connectivity index (χ2n) is 3.37. The predicted octanol–water partition coefficient (Wildman–Crippen LogP) is 0.185. The molecule has 6 nitrogen and oxygen atoms in total. The molecule has 0 bridgehead atoms. The van der Waals surface area contributed by atoms with Crippen LogP contribution in [0, 0.1) is 5.41 Å². The molecule has 0 aliphatic rings. The molecule has 0 fully saturated rings. The van der Waals surface area contributed by atoms with Gasteiger partial charge in [0, 0.05) is 5.56 Å². The van der Waals surface area contributed by atoms with Gasteiger partial charge in [-0.25, -0.2) is 4.79 Å². The van der Waals surface area contributed by atoms with Crippen LogP contribution in [0.4, 0.5) is 0 Å². The summed E-state index contributed by atoms with van der Waals surface area (Å²) >= 11 is 0. The summed E-state index contributed by atoms with van der Waals surface area (Å²) in [6, 6.07) is 8.48. The van der Waals surface area contributed by atoms with Gasteiger partial charge >= 0.3 is 5.69 Å². The fourth-order valence-corrected chi connectivity index (χ4v) is 1.41. The summed E-state index contributed by atoms with van der Waals surface area (Å²) in [5, 5.41) is 17.3.